The molecule has 1 aliphatic rings. The lowest BCUT2D eigenvalue weighted by molar-refractivity contribution is -0.146. The van der Waals surface area contributed by atoms with Gasteiger partial charge in [-0.15, -0.1) is 0 Å². The second kappa shape index (κ2) is 4.76. The molecule has 0 saturated carbocycles. The Morgan fingerprint density at radius 3 is 2.69 bits per heavy atom. The van der Waals surface area contributed by atoms with Crippen LogP contribution in [0.1, 0.15) is 26.2 Å². The monoisotopic (exact) mass is 237 g/mol. The van der Waals surface area contributed by atoms with Crippen LogP contribution in [0.25, 0.3) is 0 Å². The molecule has 16 heavy (non-hydrogen) atoms. The van der Waals surface area contributed by atoms with Crippen LogP contribution in [0.5, 0.6) is 0 Å². The first-order chi connectivity index (χ1) is 7.35. The standard InChI is InChI=1S/C10H14F3NO2/c1-2-16-9(15)8-6(3-4-7(8)14)5-10(11,12)13/h6H,2-5,14H2,1H3. The number of rotatable bonds is 3. The van der Waals surface area contributed by atoms with Gasteiger partial charge in [-0.2, -0.15) is 13.2 Å². The smallest absolute Gasteiger partial charge is 0.389 e. The zero-order valence-electron chi connectivity index (χ0n) is 8.93. The van der Waals surface area contributed by atoms with Crippen molar-refractivity contribution in [1.82, 2.24) is 0 Å². The zero-order valence-corrected chi connectivity index (χ0v) is 8.93. The fourth-order valence-electron chi connectivity index (χ4n) is 1.86. The van der Waals surface area contributed by atoms with E-state index in [0.29, 0.717) is 6.42 Å². The highest BCUT2D eigenvalue weighted by Crippen LogP contribution is 2.38. The van der Waals surface area contributed by atoms with E-state index in [9.17, 15) is 18.0 Å². The van der Waals surface area contributed by atoms with E-state index in [1.54, 1.807) is 6.92 Å². The summed E-state index contributed by atoms with van der Waals surface area (Å²) in [5.41, 5.74) is 5.77. The third-order valence-electron chi connectivity index (χ3n) is 2.49. The quantitative estimate of drug-likeness (QED) is 0.765. The molecule has 6 heteroatoms. The molecule has 1 atom stereocenters. The SMILES string of the molecule is CCOC(=O)C1=C(N)CCC1CC(F)(F)F. The average molecular weight is 237 g/mol. The van der Waals surface area contributed by atoms with Gasteiger partial charge in [-0.3, -0.25) is 0 Å². The Labute approximate surface area is 91.4 Å². The van der Waals surface area contributed by atoms with Gasteiger partial charge in [0.1, 0.15) is 0 Å². The number of allylic oxidation sites excluding steroid dienone is 1. The van der Waals surface area contributed by atoms with Gasteiger partial charge in [-0.05, 0) is 19.8 Å². The first kappa shape index (κ1) is 12.9. The van der Waals surface area contributed by atoms with Crippen LogP contribution in [0.4, 0.5) is 13.2 Å². The lowest BCUT2D eigenvalue weighted by Gasteiger charge is -2.15. The third kappa shape index (κ3) is 3.15. The molecule has 0 amide bonds. The number of nitrogens with two attached hydrogens (primary N) is 1. The molecule has 3 nitrogen and oxygen atoms in total. The Morgan fingerprint density at radius 2 is 2.19 bits per heavy atom. The molecular formula is C10H14F3NO2. The van der Waals surface area contributed by atoms with E-state index in [1.165, 1.54) is 0 Å². The Balaban J connectivity index is 2.77. The van der Waals surface area contributed by atoms with E-state index in [0.717, 1.165) is 0 Å². The molecule has 0 spiro atoms. The summed E-state index contributed by atoms with van der Waals surface area (Å²) in [7, 11) is 0. The van der Waals surface area contributed by atoms with Crippen LogP contribution >= 0.6 is 0 Å². The summed E-state index contributed by atoms with van der Waals surface area (Å²) >= 11 is 0. The topological polar surface area (TPSA) is 52.3 Å². The van der Waals surface area contributed by atoms with E-state index in [-0.39, 0.29) is 24.3 Å². The van der Waals surface area contributed by atoms with E-state index >= 15 is 0 Å². The summed E-state index contributed by atoms with van der Waals surface area (Å²) in [6, 6.07) is 0. The molecule has 0 radical (unpaired) electrons. The van der Waals surface area contributed by atoms with Crippen molar-refractivity contribution in [1.29, 1.82) is 0 Å². The van der Waals surface area contributed by atoms with E-state index < -0.39 is 24.5 Å². The molecule has 0 heterocycles. The molecule has 0 saturated heterocycles. The van der Waals surface area contributed by atoms with Crippen molar-refractivity contribution in [3.8, 4) is 0 Å². The molecule has 2 N–H and O–H groups in total. The van der Waals surface area contributed by atoms with Crippen molar-refractivity contribution in [2.24, 2.45) is 11.7 Å². The summed E-state index contributed by atoms with van der Waals surface area (Å²) in [5, 5.41) is 0. The number of esters is 1. The number of halogens is 3. The van der Waals surface area contributed by atoms with E-state index in [4.69, 9.17) is 10.5 Å². The Morgan fingerprint density at radius 1 is 1.56 bits per heavy atom. The third-order valence-corrected chi connectivity index (χ3v) is 2.49. The van der Waals surface area contributed by atoms with Crippen LogP contribution in [0.2, 0.25) is 0 Å². The van der Waals surface area contributed by atoms with Crippen LogP contribution in [-0.2, 0) is 9.53 Å². The minimum atomic E-state index is -4.28. The second-order valence-electron chi connectivity index (χ2n) is 3.71. The lowest BCUT2D eigenvalue weighted by Crippen LogP contribution is -2.21. The Hall–Kier alpha value is -1.20. The van der Waals surface area contributed by atoms with Gasteiger partial charge >= 0.3 is 12.1 Å². The summed E-state index contributed by atoms with van der Waals surface area (Å²) in [5.74, 6) is -1.56. The van der Waals surface area contributed by atoms with Crippen molar-refractivity contribution in [3.05, 3.63) is 11.3 Å². The molecule has 1 aliphatic carbocycles. The van der Waals surface area contributed by atoms with Gasteiger partial charge < -0.3 is 10.5 Å². The van der Waals surface area contributed by atoms with Crippen molar-refractivity contribution in [3.63, 3.8) is 0 Å². The molecule has 1 unspecified atom stereocenters. The summed E-state index contributed by atoms with van der Waals surface area (Å²) in [6.45, 7) is 1.73. The van der Waals surface area contributed by atoms with Crippen LogP contribution in [0.3, 0.4) is 0 Å². The molecule has 0 bridgehead atoms. The summed E-state index contributed by atoms with van der Waals surface area (Å²) in [4.78, 5) is 11.4. The van der Waals surface area contributed by atoms with Crippen LogP contribution in [0, 0.1) is 5.92 Å². The van der Waals surface area contributed by atoms with Crippen LogP contribution < -0.4 is 5.73 Å². The van der Waals surface area contributed by atoms with Crippen molar-refractivity contribution < 1.29 is 22.7 Å². The Kier molecular flexibility index (Phi) is 3.83. The normalized spacial score (nSPS) is 21.4. The molecule has 92 valence electrons. The Bertz CT molecular complexity index is 310. The molecule has 0 aromatic rings. The fraction of sp³-hybridized carbons (Fsp3) is 0.700. The number of alkyl halides is 3. The lowest BCUT2D eigenvalue weighted by atomic mass is 9.97. The number of hydrogen-bond donors (Lipinski definition) is 1. The first-order valence-electron chi connectivity index (χ1n) is 5.07. The maximum absolute atomic E-state index is 12.2. The molecule has 0 aliphatic heterocycles. The van der Waals surface area contributed by atoms with Gasteiger partial charge in [0.05, 0.1) is 18.6 Å². The molecular weight excluding hydrogens is 223 g/mol. The van der Waals surface area contributed by atoms with Gasteiger partial charge in [-0.25, -0.2) is 4.79 Å². The van der Waals surface area contributed by atoms with Crippen LogP contribution in [-0.4, -0.2) is 18.8 Å². The molecule has 0 fully saturated rings. The maximum Gasteiger partial charge on any atom is 0.389 e. The number of carbonyl (C=O) groups excluding carboxylic acids is 1. The molecule has 0 aromatic carbocycles. The highest BCUT2D eigenvalue weighted by Gasteiger charge is 2.39. The molecule has 1 rings (SSSR count). The summed E-state index contributed by atoms with van der Waals surface area (Å²) < 4.78 is 41.4. The van der Waals surface area contributed by atoms with Crippen molar-refractivity contribution in [2.75, 3.05) is 6.61 Å². The number of carbonyl (C=O) groups is 1. The summed E-state index contributed by atoms with van der Waals surface area (Å²) in [6.07, 6.45) is -4.71. The predicted molar refractivity (Wildman–Crippen MR) is 51.2 cm³/mol. The fourth-order valence-corrected chi connectivity index (χ4v) is 1.86. The van der Waals surface area contributed by atoms with Gasteiger partial charge in [-0.1, -0.05) is 0 Å². The maximum atomic E-state index is 12.2. The highest BCUT2D eigenvalue weighted by molar-refractivity contribution is 5.90. The first-order valence-corrected chi connectivity index (χ1v) is 5.07. The minimum Gasteiger partial charge on any atom is -0.463 e. The van der Waals surface area contributed by atoms with E-state index in [1.807, 2.05) is 0 Å². The van der Waals surface area contributed by atoms with Gasteiger partial charge in [0.2, 0.25) is 0 Å². The number of hydrogen-bond acceptors (Lipinski definition) is 3. The predicted octanol–water partition coefficient (Wildman–Crippen LogP) is 2.12. The second-order valence-corrected chi connectivity index (χ2v) is 3.71. The van der Waals surface area contributed by atoms with Gasteiger partial charge in [0, 0.05) is 11.6 Å². The largest absolute Gasteiger partial charge is 0.463 e. The zero-order chi connectivity index (χ0) is 12.3. The van der Waals surface area contributed by atoms with E-state index in [2.05, 4.69) is 0 Å². The molecule has 0 aromatic heterocycles. The van der Waals surface area contributed by atoms with Crippen LogP contribution in [0.15, 0.2) is 11.3 Å². The average Bonchev–Trinajstić information content (AvgIpc) is 2.44. The van der Waals surface area contributed by atoms with Crippen molar-refractivity contribution in [2.45, 2.75) is 32.4 Å². The highest BCUT2D eigenvalue weighted by atomic mass is 19.4. The minimum absolute atomic E-state index is 0.0131. The van der Waals surface area contributed by atoms with Gasteiger partial charge in [0.25, 0.3) is 0 Å². The number of ether oxygens (including phenoxy) is 1. The van der Waals surface area contributed by atoms with Crippen molar-refractivity contribution >= 4 is 5.97 Å². The van der Waals surface area contributed by atoms with Gasteiger partial charge in [0.15, 0.2) is 0 Å².